The first-order chi connectivity index (χ1) is 9.38. The second kappa shape index (κ2) is 10.6. The van der Waals surface area contributed by atoms with Gasteiger partial charge in [0.15, 0.2) is 11.5 Å². The average Bonchev–Trinajstić information content (AvgIpc) is 2.46. The third kappa shape index (κ3) is 7.03. The van der Waals surface area contributed by atoms with E-state index >= 15 is 0 Å². The molecule has 19 heavy (non-hydrogen) atoms. The molecule has 0 unspecified atom stereocenters. The van der Waals surface area contributed by atoms with Crippen molar-refractivity contribution < 1.29 is 14.2 Å². The number of hydrogen-bond donors (Lipinski definition) is 1. The van der Waals surface area contributed by atoms with E-state index in [0.717, 1.165) is 44.2 Å². The van der Waals surface area contributed by atoms with Gasteiger partial charge in [-0.2, -0.15) is 0 Å². The van der Waals surface area contributed by atoms with Crippen molar-refractivity contribution in [3.8, 4) is 11.5 Å². The molecule has 0 atom stereocenters. The van der Waals surface area contributed by atoms with Gasteiger partial charge in [0.1, 0.15) is 6.61 Å². The molecule has 1 rings (SSSR count). The van der Waals surface area contributed by atoms with Gasteiger partial charge in [-0.05, 0) is 18.6 Å². The topological polar surface area (TPSA) is 39.7 Å². The largest absolute Gasteiger partial charge is 0.493 e. The minimum absolute atomic E-state index is 0.620. The molecule has 0 saturated heterocycles. The molecular formula is C15H25NO3. The van der Waals surface area contributed by atoms with Crippen LogP contribution in [0.1, 0.15) is 19.8 Å². The first-order valence-electron chi connectivity index (χ1n) is 6.92. The van der Waals surface area contributed by atoms with Crippen LogP contribution in [-0.2, 0) is 4.74 Å². The number of methoxy groups -OCH3 is 1. The Morgan fingerprint density at radius 3 is 2.47 bits per heavy atom. The van der Waals surface area contributed by atoms with Crippen molar-refractivity contribution in [3.63, 3.8) is 0 Å². The zero-order chi connectivity index (χ0) is 13.8. The van der Waals surface area contributed by atoms with Crippen molar-refractivity contribution in [3.05, 3.63) is 24.3 Å². The fraction of sp³-hybridized carbons (Fsp3) is 0.600. The van der Waals surface area contributed by atoms with Crippen LogP contribution < -0.4 is 14.8 Å². The van der Waals surface area contributed by atoms with Crippen LogP contribution in [0.5, 0.6) is 11.5 Å². The molecule has 1 N–H and O–H groups in total. The third-order valence-corrected chi connectivity index (χ3v) is 2.67. The van der Waals surface area contributed by atoms with Gasteiger partial charge in [-0.15, -0.1) is 0 Å². The Hall–Kier alpha value is -1.26. The van der Waals surface area contributed by atoms with E-state index in [9.17, 15) is 0 Å². The molecule has 4 heteroatoms. The first-order valence-corrected chi connectivity index (χ1v) is 6.92. The van der Waals surface area contributed by atoms with Crippen LogP contribution >= 0.6 is 0 Å². The highest BCUT2D eigenvalue weighted by Gasteiger charge is 2.01. The minimum Gasteiger partial charge on any atom is -0.493 e. The molecular weight excluding hydrogens is 242 g/mol. The summed E-state index contributed by atoms with van der Waals surface area (Å²) in [6, 6.07) is 7.67. The Labute approximate surface area is 116 Å². The maximum atomic E-state index is 5.64. The van der Waals surface area contributed by atoms with E-state index in [-0.39, 0.29) is 0 Å². The van der Waals surface area contributed by atoms with Gasteiger partial charge in [-0.25, -0.2) is 0 Å². The van der Waals surface area contributed by atoms with E-state index in [1.165, 1.54) is 6.42 Å². The monoisotopic (exact) mass is 267 g/mol. The molecule has 0 fully saturated rings. The van der Waals surface area contributed by atoms with Gasteiger partial charge in [-0.3, -0.25) is 0 Å². The molecule has 1 aromatic carbocycles. The van der Waals surface area contributed by atoms with Crippen molar-refractivity contribution in [1.29, 1.82) is 0 Å². The number of unbranched alkanes of at least 4 members (excludes halogenated alkanes) is 1. The summed E-state index contributed by atoms with van der Waals surface area (Å²) >= 11 is 0. The van der Waals surface area contributed by atoms with E-state index < -0.39 is 0 Å². The Balaban J connectivity index is 2.01. The Kier molecular flexibility index (Phi) is 8.85. The number of rotatable bonds is 11. The number of nitrogens with one attached hydrogen (secondary N) is 1. The van der Waals surface area contributed by atoms with Gasteiger partial charge in [0.2, 0.25) is 0 Å². The summed E-state index contributed by atoms with van der Waals surface area (Å²) in [5.41, 5.74) is 0. The summed E-state index contributed by atoms with van der Waals surface area (Å²) in [4.78, 5) is 0. The highest BCUT2D eigenvalue weighted by molar-refractivity contribution is 5.39. The SMILES string of the molecule is CCCCOCCNCCOc1ccccc1OC. The van der Waals surface area contributed by atoms with Crippen LogP contribution in [-0.4, -0.2) is 40.0 Å². The molecule has 1 aromatic rings. The molecule has 0 aliphatic rings. The van der Waals surface area contributed by atoms with Crippen LogP contribution in [0.15, 0.2) is 24.3 Å². The second-order valence-electron chi connectivity index (χ2n) is 4.22. The van der Waals surface area contributed by atoms with Crippen molar-refractivity contribution in [1.82, 2.24) is 5.32 Å². The Morgan fingerprint density at radius 2 is 1.74 bits per heavy atom. The molecule has 0 amide bonds. The molecule has 108 valence electrons. The normalized spacial score (nSPS) is 10.4. The number of para-hydroxylation sites is 2. The van der Waals surface area contributed by atoms with Crippen molar-refractivity contribution >= 4 is 0 Å². The highest BCUT2D eigenvalue weighted by atomic mass is 16.5. The maximum Gasteiger partial charge on any atom is 0.161 e. The van der Waals surface area contributed by atoms with Crippen LogP contribution in [0.4, 0.5) is 0 Å². The van der Waals surface area contributed by atoms with Crippen LogP contribution in [0.2, 0.25) is 0 Å². The number of benzene rings is 1. The molecule has 4 nitrogen and oxygen atoms in total. The average molecular weight is 267 g/mol. The summed E-state index contributed by atoms with van der Waals surface area (Å²) in [6.45, 7) is 6.06. The highest BCUT2D eigenvalue weighted by Crippen LogP contribution is 2.25. The van der Waals surface area contributed by atoms with Gasteiger partial charge in [0.25, 0.3) is 0 Å². The maximum absolute atomic E-state index is 5.64. The summed E-state index contributed by atoms with van der Waals surface area (Å²) in [5.74, 6) is 1.55. The second-order valence-corrected chi connectivity index (χ2v) is 4.22. The smallest absolute Gasteiger partial charge is 0.161 e. The molecule has 0 aliphatic carbocycles. The third-order valence-electron chi connectivity index (χ3n) is 2.67. The van der Waals surface area contributed by atoms with Gasteiger partial charge in [0.05, 0.1) is 13.7 Å². The summed E-state index contributed by atoms with van der Waals surface area (Å²) in [7, 11) is 1.65. The lowest BCUT2D eigenvalue weighted by Crippen LogP contribution is -2.25. The fourth-order valence-corrected chi connectivity index (χ4v) is 1.59. The van der Waals surface area contributed by atoms with E-state index in [4.69, 9.17) is 14.2 Å². The Bertz CT molecular complexity index is 331. The number of hydrogen-bond acceptors (Lipinski definition) is 4. The first kappa shape index (κ1) is 15.8. The molecule has 0 bridgehead atoms. The molecule has 0 saturated carbocycles. The summed E-state index contributed by atoms with van der Waals surface area (Å²) in [5, 5.41) is 3.28. The molecule has 0 spiro atoms. The predicted octanol–water partition coefficient (Wildman–Crippen LogP) is 2.48. The lowest BCUT2D eigenvalue weighted by Gasteiger charge is -2.10. The lowest BCUT2D eigenvalue weighted by molar-refractivity contribution is 0.132. The Morgan fingerprint density at radius 1 is 1.00 bits per heavy atom. The van der Waals surface area contributed by atoms with Gasteiger partial charge >= 0.3 is 0 Å². The molecule has 0 aromatic heterocycles. The van der Waals surface area contributed by atoms with E-state index in [1.807, 2.05) is 24.3 Å². The molecule has 0 radical (unpaired) electrons. The summed E-state index contributed by atoms with van der Waals surface area (Å²) < 4.78 is 16.3. The van der Waals surface area contributed by atoms with Gasteiger partial charge in [-0.1, -0.05) is 25.5 Å². The standard InChI is InChI=1S/C15H25NO3/c1-3-4-11-18-12-9-16-10-13-19-15-8-6-5-7-14(15)17-2/h5-8,16H,3-4,9-13H2,1-2H3. The van der Waals surface area contributed by atoms with Crippen LogP contribution in [0, 0.1) is 0 Å². The summed E-state index contributed by atoms with van der Waals surface area (Å²) in [6.07, 6.45) is 2.32. The quantitative estimate of drug-likeness (QED) is 0.625. The van der Waals surface area contributed by atoms with E-state index in [0.29, 0.717) is 6.61 Å². The molecule has 0 heterocycles. The van der Waals surface area contributed by atoms with E-state index in [1.54, 1.807) is 7.11 Å². The van der Waals surface area contributed by atoms with Gasteiger partial charge < -0.3 is 19.5 Å². The number of ether oxygens (including phenoxy) is 3. The zero-order valence-corrected chi connectivity index (χ0v) is 12.0. The molecule has 0 aliphatic heterocycles. The van der Waals surface area contributed by atoms with Crippen LogP contribution in [0.3, 0.4) is 0 Å². The van der Waals surface area contributed by atoms with Crippen molar-refractivity contribution in [2.45, 2.75) is 19.8 Å². The zero-order valence-electron chi connectivity index (χ0n) is 12.0. The van der Waals surface area contributed by atoms with Crippen molar-refractivity contribution in [2.75, 3.05) is 40.0 Å². The fourth-order valence-electron chi connectivity index (χ4n) is 1.59. The van der Waals surface area contributed by atoms with E-state index in [2.05, 4.69) is 12.2 Å². The van der Waals surface area contributed by atoms with Crippen molar-refractivity contribution in [2.24, 2.45) is 0 Å². The van der Waals surface area contributed by atoms with Crippen LogP contribution in [0.25, 0.3) is 0 Å². The predicted molar refractivity (Wildman–Crippen MR) is 77.1 cm³/mol. The lowest BCUT2D eigenvalue weighted by atomic mass is 10.3. The van der Waals surface area contributed by atoms with Gasteiger partial charge in [0, 0.05) is 19.7 Å². The minimum atomic E-state index is 0.620.